The molecule has 0 unspecified atom stereocenters. The average Bonchev–Trinajstić information content (AvgIpc) is 2.88. The highest BCUT2D eigenvalue weighted by molar-refractivity contribution is 5.86. The van der Waals surface area contributed by atoms with Crippen LogP contribution in [0.25, 0.3) is 11.0 Å². The Hall–Kier alpha value is -1.73. The van der Waals surface area contributed by atoms with Gasteiger partial charge in [0.2, 0.25) is 0 Å². The van der Waals surface area contributed by atoms with Gasteiger partial charge in [-0.25, -0.2) is 9.97 Å². The van der Waals surface area contributed by atoms with Gasteiger partial charge in [-0.2, -0.15) is 5.10 Å². The van der Waals surface area contributed by atoms with E-state index in [1.807, 2.05) is 20.2 Å². The van der Waals surface area contributed by atoms with Gasteiger partial charge in [-0.1, -0.05) is 0 Å². The van der Waals surface area contributed by atoms with E-state index in [0.29, 0.717) is 6.04 Å². The van der Waals surface area contributed by atoms with Crippen LogP contribution in [0.2, 0.25) is 0 Å². The number of fused-ring (bicyclic) bond motifs is 1. The number of anilines is 1. The van der Waals surface area contributed by atoms with Gasteiger partial charge in [0, 0.05) is 39.8 Å². The molecule has 0 saturated carbocycles. The van der Waals surface area contributed by atoms with E-state index in [2.05, 4.69) is 38.8 Å². The summed E-state index contributed by atoms with van der Waals surface area (Å²) in [4.78, 5) is 13.8. The predicted octanol–water partition coefficient (Wildman–Crippen LogP) is 0.829. The lowest BCUT2D eigenvalue weighted by Crippen LogP contribution is -2.47. The fraction of sp³-hybridized carbons (Fsp3) is 0.667. The Kier molecular flexibility index (Phi) is 4.26. The molecule has 1 aliphatic rings. The largest absolute Gasteiger partial charge is 0.379 e. The van der Waals surface area contributed by atoms with Gasteiger partial charge >= 0.3 is 0 Å². The molecule has 0 N–H and O–H groups in total. The van der Waals surface area contributed by atoms with E-state index >= 15 is 0 Å². The van der Waals surface area contributed by atoms with Gasteiger partial charge in [0.15, 0.2) is 5.65 Å². The minimum atomic E-state index is 0.455. The van der Waals surface area contributed by atoms with E-state index < -0.39 is 0 Å². The molecular formula is C15H24N6O. The summed E-state index contributed by atoms with van der Waals surface area (Å²) in [5.74, 6) is 1.73. The summed E-state index contributed by atoms with van der Waals surface area (Å²) in [6.45, 7) is 8.76. The first-order chi connectivity index (χ1) is 10.6. The standard InChI is InChI=1S/C15H24N6O/c1-11(21-5-7-22-8-6-21)10-19(3)14-13-9-16-20(4)15(13)18-12(2)17-14/h9,11H,5-8,10H2,1-4H3/t11-/m1/s1. The smallest absolute Gasteiger partial charge is 0.163 e. The molecule has 3 heterocycles. The molecule has 2 aromatic heterocycles. The fourth-order valence-electron chi connectivity index (χ4n) is 3.02. The molecule has 0 bridgehead atoms. The third-order valence-corrected chi connectivity index (χ3v) is 4.25. The zero-order valence-electron chi connectivity index (χ0n) is 13.8. The predicted molar refractivity (Wildman–Crippen MR) is 86.2 cm³/mol. The summed E-state index contributed by atoms with van der Waals surface area (Å²) in [6, 6.07) is 0.455. The van der Waals surface area contributed by atoms with E-state index in [-0.39, 0.29) is 0 Å². The van der Waals surface area contributed by atoms with Crippen molar-refractivity contribution >= 4 is 16.9 Å². The summed E-state index contributed by atoms with van der Waals surface area (Å²) < 4.78 is 7.23. The van der Waals surface area contributed by atoms with Crippen LogP contribution in [0.3, 0.4) is 0 Å². The number of hydrogen-bond acceptors (Lipinski definition) is 6. The summed E-state index contributed by atoms with van der Waals surface area (Å²) in [5, 5.41) is 5.31. The molecule has 7 heteroatoms. The minimum absolute atomic E-state index is 0.455. The Bertz CT molecular complexity index is 649. The molecule has 1 saturated heterocycles. The molecular weight excluding hydrogens is 280 g/mol. The van der Waals surface area contributed by atoms with Crippen LogP contribution >= 0.6 is 0 Å². The van der Waals surface area contributed by atoms with E-state index in [0.717, 1.165) is 55.5 Å². The van der Waals surface area contributed by atoms with Crippen LogP contribution in [0.4, 0.5) is 5.82 Å². The van der Waals surface area contributed by atoms with Gasteiger partial charge < -0.3 is 9.64 Å². The Morgan fingerprint density at radius 1 is 1.32 bits per heavy atom. The molecule has 22 heavy (non-hydrogen) atoms. The normalized spacial score (nSPS) is 17.8. The third kappa shape index (κ3) is 2.91. The number of morpholine rings is 1. The number of rotatable bonds is 4. The van der Waals surface area contributed by atoms with Crippen molar-refractivity contribution in [1.29, 1.82) is 0 Å². The van der Waals surface area contributed by atoms with Crippen molar-refractivity contribution in [2.24, 2.45) is 7.05 Å². The molecule has 2 aromatic rings. The van der Waals surface area contributed by atoms with Crippen molar-refractivity contribution < 1.29 is 4.74 Å². The maximum atomic E-state index is 5.43. The second kappa shape index (κ2) is 6.18. The topological polar surface area (TPSA) is 59.3 Å². The van der Waals surface area contributed by atoms with Crippen LogP contribution in [-0.4, -0.2) is 70.6 Å². The van der Waals surface area contributed by atoms with Gasteiger partial charge in [0.1, 0.15) is 11.6 Å². The zero-order valence-corrected chi connectivity index (χ0v) is 13.8. The highest BCUT2D eigenvalue weighted by Crippen LogP contribution is 2.23. The molecule has 0 spiro atoms. The van der Waals surface area contributed by atoms with Crippen LogP contribution in [-0.2, 0) is 11.8 Å². The molecule has 3 rings (SSSR count). The van der Waals surface area contributed by atoms with Gasteiger partial charge in [0.05, 0.1) is 24.8 Å². The summed E-state index contributed by atoms with van der Waals surface area (Å²) in [5.41, 5.74) is 0.883. The second-order valence-corrected chi connectivity index (χ2v) is 5.98. The van der Waals surface area contributed by atoms with Crippen molar-refractivity contribution in [1.82, 2.24) is 24.6 Å². The Morgan fingerprint density at radius 2 is 2.05 bits per heavy atom. The van der Waals surface area contributed by atoms with Crippen molar-refractivity contribution in [2.75, 3.05) is 44.8 Å². The Morgan fingerprint density at radius 3 is 2.77 bits per heavy atom. The maximum absolute atomic E-state index is 5.43. The molecule has 0 radical (unpaired) electrons. The first-order valence-electron chi connectivity index (χ1n) is 7.75. The second-order valence-electron chi connectivity index (χ2n) is 5.98. The molecule has 0 amide bonds. The van der Waals surface area contributed by atoms with Crippen molar-refractivity contribution in [2.45, 2.75) is 19.9 Å². The monoisotopic (exact) mass is 304 g/mol. The van der Waals surface area contributed by atoms with Crippen LogP contribution in [0, 0.1) is 6.92 Å². The van der Waals surface area contributed by atoms with E-state index in [1.165, 1.54) is 0 Å². The molecule has 7 nitrogen and oxygen atoms in total. The van der Waals surface area contributed by atoms with Gasteiger partial charge in [-0.05, 0) is 13.8 Å². The van der Waals surface area contributed by atoms with Crippen LogP contribution in [0.5, 0.6) is 0 Å². The van der Waals surface area contributed by atoms with Crippen molar-refractivity contribution in [3.63, 3.8) is 0 Å². The minimum Gasteiger partial charge on any atom is -0.379 e. The zero-order chi connectivity index (χ0) is 15.7. The highest BCUT2D eigenvalue weighted by atomic mass is 16.5. The third-order valence-electron chi connectivity index (χ3n) is 4.25. The highest BCUT2D eigenvalue weighted by Gasteiger charge is 2.20. The maximum Gasteiger partial charge on any atom is 0.163 e. The molecule has 1 aliphatic heterocycles. The Labute approximate surface area is 130 Å². The molecule has 120 valence electrons. The van der Waals surface area contributed by atoms with Crippen LogP contribution in [0.15, 0.2) is 6.20 Å². The summed E-state index contributed by atoms with van der Waals surface area (Å²) >= 11 is 0. The first-order valence-corrected chi connectivity index (χ1v) is 7.75. The lowest BCUT2D eigenvalue weighted by molar-refractivity contribution is 0.0218. The molecule has 1 atom stereocenters. The summed E-state index contributed by atoms with van der Waals surface area (Å²) in [7, 11) is 4.00. The van der Waals surface area contributed by atoms with E-state index in [9.17, 15) is 0 Å². The average molecular weight is 304 g/mol. The number of nitrogens with zero attached hydrogens (tertiary/aromatic N) is 6. The number of aromatic nitrogens is 4. The molecule has 1 fully saturated rings. The number of aryl methyl sites for hydroxylation is 2. The molecule has 0 aromatic carbocycles. The molecule has 0 aliphatic carbocycles. The number of ether oxygens (including phenoxy) is 1. The van der Waals surface area contributed by atoms with Crippen molar-refractivity contribution in [3.8, 4) is 0 Å². The van der Waals surface area contributed by atoms with Crippen LogP contribution in [0.1, 0.15) is 12.7 Å². The van der Waals surface area contributed by atoms with Gasteiger partial charge in [0.25, 0.3) is 0 Å². The van der Waals surface area contributed by atoms with Gasteiger partial charge in [-0.15, -0.1) is 0 Å². The fourth-order valence-corrected chi connectivity index (χ4v) is 3.02. The van der Waals surface area contributed by atoms with Crippen LogP contribution < -0.4 is 4.90 Å². The number of likely N-dealkylation sites (N-methyl/N-ethyl adjacent to an activating group) is 1. The van der Waals surface area contributed by atoms with E-state index in [1.54, 1.807) is 4.68 Å². The summed E-state index contributed by atoms with van der Waals surface area (Å²) in [6.07, 6.45) is 1.85. The Balaban J connectivity index is 1.81. The quantitative estimate of drug-likeness (QED) is 0.834. The van der Waals surface area contributed by atoms with Crippen molar-refractivity contribution in [3.05, 3.63) is 12.0 Å². The van der Waals surface area contributed by atoms with E-state index in [4.69, 9.17) is 4.74 Å². The first kappa shape index (κ1) is 15.2. The lowest BCUT2D eigenvalue weighted by Gasteiger charge is -2.34. The number of hydrogen-bond donors (Lipinski definition) is 0. The SMILES string of the molecule is Cc1nc(N(C)C[C@@H](C)N2CCOCC2)c2cnn(C)c2n1. The lowest BCUT2D eigenvalue weighted by atomic mass is 10.2. The van der Waals surface area contributed by atoms with Gasteiger partial charge in [-0.3, -0.25) is 9.58 Å².